The predicted octanol–water partition coefficient (Wildman–Crippen LogP) is 0.366. The van der Waals surface area contributed by atoms with E-state index < -0.39 is 6.04 Å². The Balaban J connectivity index is 1.92. The Kier molecular flexibility index (Phi) is 3.61. The first-order chi connectivity index (χ1) is 8.15. The summed E-state index contributed by atoms with van der Waals surface area (Å²) in [5.41, 5.74) is 0.679. The van der Waals surface area contributed by atoms with Gasteiger partial charge in [0.25, 0.3) is 0 Å². The van der Waals surface area contributed by atoms with E-state index in [0.717, 1.165) is 0 Å². The third-order valence-corrected chi connectivity index (χ3v) is 2.69. The molecule has 2 amide bonds. The number of halogens is 1. The second-order valence-corrected chi connectivity index (χ2v) is 4.17. The molecule has 17 heavy (non-hydrogen) atoms. The third kappa shape index (κ3) is 3.18. The Morgan fingerprint density at radius 3 is 2.65 bits per heavy atom. The minimum atomic E-state index is -0.400. The Morgan fingerprint density at radius 2 is 2.06 bits per heavy atom. The zero-order valence-electron chi connectivity index (χ0n) is 9.00. The molecule has 1 atom stereocenters. The fourth-order valence-electron chi connectivity index (χ4n) is 1.51. The van der Waals surface area contributed by atoms with Crippen LogP contribution in [0.3, 0.4) is 0 Å². The maximum atomic E-state index is 11.8. The zero-order chi connectivity index (χ0) is 12.3. The quantitative estimate of drug-likeness (QED) is 0.713. The number of amides is 2. The number of rotatable bonds is 2. The van der Waals surface area contributed by atoms with Crippen LogP contribution in [0.15, 0.2) is 24.3 Å². The van der Waals surface area contributed by atoms with E-state index in [0.29, 0.717) is 17.3 Å². The predicted molar refractivity (Wildman–Crippen MR) is 64.9 cm³/mol. The summed E-state index contributed by atoms with van der Waals surface area (Å²) in [6.07, 6.45) is 0. The van der Waals surface area contributed by atoms with Gasteiger partial charge in [0.1, 0.15) is 6.04 Å². The summed E-state index contributed by atoms with van der Waals surface area (Å²) in [5.74, 6) is -0.270. The lowest BCUT2D eigenvalue weighted by Gasteiger charge is -2.23. The number of hydrogen-bond donors (Lipinski definition) is 3. The van der Waals surface area contributed by atoms with Crippen LogP contribution in [-0.2, 0) is 9.59 Å². The van der Waals surface area contributed by atoms with Crippen molar-refractivity contribution in [1.29, 1.82) is 0 Å². The van der Waals surface area contributed by atoms with Gasteiger partial charge in [0.15, 0.2) is 0 Å². The van der Waals surface area contributed by atoms with E-state index in [1.807, 2.05) is 0 Å². The van der Waals surface area contributed by atoms with Gasteiger partial charge in [-0.25, -0.2) is 0 Å². The highest BCUT2D eigenvalue weighted by atomic mass is 35.5. The molecular weight excluding hydrogens is 242 g/mol. The number of anilines is 1. The van der Waals surface area contributed by atoms with E-state index in [2.05, 4.69) is 16.0 Å². The second kappa shape index (κ2) is 5.16. The highest BCUT2D eigenvalue weighted by Gasteiger charge is 2.23. The molecule has 1 aromatic rings. The molecule has 1 aliphatic heterocycles. The van der Waals surface area contributed by atoms with Crippen LogP contribution in [0.1, 0.15) is 0 Å². The average Bonchev–Trinajstić information content (AvgIpc) is 2.33. The van der Waals surface area contributed by atoms with Crippen LogP contribution in [0.5, 0.6) is 0 Å². The molecule has 0 spiro atoms. The fraction of sp³-hybridized carbons (Fsp3) is 0.273. The molecule has 0 radical (unpaired) electrons. The van der Waals surface area contributed by atoms with E-state index in [4.69, 9.17) is 11.6 Å². The van der Waals surface area contributed by atoms with Gasteiger partial charge in [-0.15, -0.1) is 0 Å². The monoisotopic (exact) mass is 253 g/mol. The number of carbonyl (C=O) groups excluding carboxylic acids is 2. The number of piperazine rings is 1. The molecule has 0 aliphatic carbocycles. The van der Waals surface area contributed by atoms with Gasteiger partial charge < -0.3 is 10.6 Å². The van der Waals surface area contributed by atoms with Gasteiger partial charge in [-0.2, -0.15) is 0 Å². The van der Waals surface area contributed by atoms with Crippen LogP contribution in [-0.4, -0.2) is 30.9 Å². The lowest BCUT2D eigenvalue weighted by Crippen LogP contribution is -2.56. The number of carbonyl (C=O) groups is 2. The molecule has 3 N–H and O–H groups in total. The SMILES string of the molecule is O=C1CNC(C(=O)Nc2ccc(Cl)cc2)CN1. The molecule has 1 fully saturated rings. The molecule has 5 nitrogen and oxygen atoms in total. The Morgan fingerprint density at radius 1 is 1.35 bits per heavy atom. The van der Waals surface area contributed by atoms with Crippen molar-refractivity contribution in [2.24, 2.45) is 0 Å². The van der Waals surface area contributed by atoms with E-state index in [1.165, 1.54) is 0 Å². The second-order valence-electron chi connectivity index (χ2n) is 3.73. The summed E-state index contributed by atoms with van der Waals surface area (Å²) in [4.78, 5) is 22.7. The molecular formula is C11H12ClN3O2. The molecule has 90 valence electrons. The van der Waals surface area contributed by atoms with Crippen LogP contribution in [0, 0.1) is 0 Å². The number of benzene rings is 1. The largest absolute Gasteiger partial charge is 0.353 e. The zero-order valence-corrected chi connectivity index (χ0v) is 9.75. The van der Waals surface area contributed by atoms with Crippen molar-refractivity contribution in [3.05, 3.63) is 29.3 Å². The third-order valence-electron chi connectivity index (χ3n) is 2.44. The Labute approximate surface area is 104 Å². The molecule has 0 saturated carbocycles. The van der Waals surface area contributed by atoms with Crippen molar-refractivity contribution in [2.75, 3.05) is 18.4 Å². The molecule has 0 aromatic heterocycles. The summed E-state index contributed by atoms with van der Waals surface area (Å²) in [5, 5.41) is 8.83. The Hall–Kier alpha value is -1.59. The fourth-order valence-corrected chi connectivity index (χ4v) is 1.64. The molecule has 1 unspecified atom stereocenters. The molecule has 6 heteroatoms. The van der Waals surface area contributed by atoms with Gasteiger partial charge in [0, 0.05) is 17.3 Å². The maximum Gasteiger partial charge on any atom is 0.243 e. The summed E-state index contributed by atoms with van der Waals surface area (Å²) in [7, 11) is 0. The van der Waals surface area contributed by atoms with Crippen LogP contribution in [0.4, 0.5) is 5.69 Å². The molecule has 1 aromatic carbocycles. The minimum absolute atomic E-state index is 0.0967. The minimum Gasteiger partial charge on any atom is -0.353 e. The lowest BCUT2D eigenvalue weighted by atomic mass is 10.2. The molecule has 1 heterocycles. The lowest BCUT2D eigenvalue weighted by molar-refractivity contribution is -0.124. The summed E-state index contributed by atoms with van der Waals surface area (Å²) in [6.45, 7) is 0.469. The highest BCUT2D eigenvalue weighted by molar-refractivity contribution is 6.30. The topological polar surface area (TPSA) is 70.2 Å². The smallest absolute Gasteiger partial charge is 0.243 e. The van der Waals surface area contributed by atoms with Crippen LogP contribution >= 0.6 is 11.6 Å². The van der Waals surface area contributed by atoms with E-state index >= 15 is 0 Å². The van der Waals surface area contributed by atoms with Gasteiger partial charge in [0.2, 0.25) is 11.8 Å². The summed E-state index contributed by atoms with van der Waals surface area (Å²) >= 11 is 5.74. The highest BCUT2D eigenvalue weighted by Crippen LogP contribution is 2.13. The first-order valence-electron chi connectivity index (χ1n) is 5.21. The van der Waals surface area contributed by atoms with Gasteiger partial charge in [-0.1, -0.05) is 11.6 Å². The van der Waals surface area contributed by atoms with Gasteiger partial charge in [0.05, 0.1) is 6.54 Å². The molecule has 1 aliphatic rings. The average molecular weight is 254 g/mol. The van der Waals surface area contributed by atoms with Gasteiger partial charge in [-0.3, -0.25) is 14.9 Å². The Bertz CT molecular complexity index is 423. The van der Waals surface area contributed by atoms with E-state index in [9.17, 15) is 9.59 Å². The maximum absolute atomic E-state index is 11.8. The van der Waals surface area contributed by atoms with E-state index in [-0.39, 0.29) is 18.4 Å². The summed E-state index contributed by atoms with van der Waals surface area (Å²) < 4.78 is 0. The first-order valence-corrected chi connectivity index (χ1v) is 5.59. The van der Waals surface area contributed by atoms with Crippen LogP contribution < -0.4 is 16.0 Å². The molecule has 0 bridgehead atoms. The van der Waals surface area contributed by atoms with E-state index in [1.54, 1.807) is 24.3 Å². The van der Waals surface area contributed by atoms with Crippen molar-refractivity contribution in [3.8, 4) is 0 Å². The normalized spacial score (nSPS) is 19.6. The van der Waals surface area contributed by atoms with Crippen molar-refractivity contribution >= 4 is 29.1 Å². The van der Waals surface area contributed by atoms with Crippen LogP contribution in [0.2, 0.25) is 5.02 Å². The summed E-state index contributed by atoms with van der Waals surface area (Å²) in [6, 6.07) is 6.45. The molecule has 1 saturated heterocycles. The number of nitrogens with one attached hydrogen (secondary N) is 3. The van der Waals surface area contributed by atoms with Crippen molar-refractivity contribution < 1.29 is 9.59 Å². The standard InChI is InChI=1S/C11H12ClN3O2/c12-7-1-3-8(4-2-7)15-11(17)9-5-14-10(16)6-13-9/h1-4,9,13H,5-6H2,(H,14,16)(H,15,17). The van der Waals surface area contributed by atoms with Crippen molar-refractivity contribution in [3.63, 3.8) is 0 Å². The van der Waals surface area contributed by atoms with Crippen molar-refractivity contribution in [2.45, 2.75) is 6.04 Å². The number of hydrogen-bond acceptors (Lipinski definition) is 3. The van der Waals surface area contributed by atoms with Gasteiger partial charge >= 0.3 is 0 Å². The molecule has 2 rings (SSSR count). The first kappa shape index (κ1) is 11.9. The van der Waals surface area contributed by atoms with Gasteiger partial charge in [-0.05, 0) is 24.3 Å². The van der Waals surface area contributed by atoms with Crippen LogP contribution in [0.25, 0.3) is 0 Å². The van der Waals surface area contributed by atoms with Crippen molar-refractivity contribution in [1.82, 2.24) is 10.6 Å².